The van der Waals surface area contributed by atoms with Gasteiger partial charge in [0.25, 0.3) is 11.5 Å². The maximum Gasteiger partial charge on any atom is 0.270 e. The Bertz CT molecular complexity index is 984. The van der Waals surface area contributed by atoms with E-state index in [2.05, 4.69) is 11.9 Å². The van der Waals surface area contributed by atoms with Gasteiger partial charge < -0.3 is 9.47 Å². The lowest BCUT2D eigenvalue weighted by molar-refractivity contribution is 0.0784. The second-order valence-electron chi connectivity index (χ2n) is 6.26. The average molecular weight is 326 g/mol. The van der Waals surface area contributed by atoms with Crippen LogP contribution in [0, 0.1) is 6.92 Å². The summed E-state index contributed by atoms with van der Waals surface area (Å²) in [5.74, 6) is -0.0893. The normalized spacial score (nSPS) is 11.3. The van der Waals surface area contributed by atoms with Crippen LogP contribution in [0.4, 0.5) is 0 Å². The highest BCUT2D eigenvalue weighted by Crippen LogP contribution is 2.16. The van der Waals surface area contributed by atoms with Gasteiger partial charge in [0.15, 0.2) is 0 Å². The first kappa shape index (κ1) is 16.2. The third-order valence-corrected chi connectivity index (χ3v) is 4.36. The number of hydrogen-bond acceptors (Lipinski definition) is 3. The van der Waals surface area contributed by atoms with E-state index in [4.69, 9.17) is 0 Å². The van der Waals surface area contributed by atoms with Gasteiger partial charge in [0.2, 0.25) is 0 Å². The fourth-order valence-electron chi connectivity index (χ4n) is 2.87. The molecule has 0 fully saturated rings. The van der Waals surface area contributed by atoms with E-state index in [0.29, 0.717) is 28.9 Å². The highest BCUT2D eigenvalue weighted by molar-refractivity contribution is 5.97. The zero-order chi connectivity index (χ0) is 17.4. The number of pyridine rings is 1. The molecular weight excluding hydrogens is 304 g/mol. The molecule has 0 N–H and O–H groups in total. The van der Waals surface area contributed by atoms with E-state index in [-0.39, 0.29) is 11.5 Å². The molecule has 1 amide bonds. The Balaban J connectivity index is 2.17. The van der Waals surface area contributed by atoms with Crippen LogP contribution < -0.4 is 5.56 Å². The zero-order valence-electron chi connectivity index (χ0n) is 14.5. The molecule has 0 radical (unpaired) electrons. The molecule has 6 nitrogen and oxygen atoms in total. The number of nitrogens with zero attached hydrogens (tertiary/aromatic N) is 4. The fourth-order valence-corrected chi connectivity index (χ4v) is 2.87. The number of aromatic nitrogens is 3. The highest BCUT2D eigenvalue weighted by atomic mass is 16.2. The van der Waals surface area contributed by atoms with Gasteiger partial charge >= 0.3 is 0 Å². The number of unbranched alkanes of at least 4 members (excludes halogenated alkanes) is 1. The molecule has 0 aliphatic carbocycles. The van der Waals surface area contributed by atoms with Gasteiger partial charge in [0.1, 0.15) is 17.0 Å². The van der Waals surface area contributed by atoms with Crippen molar-refractivity contribution in [3.63, 3.8) is 0 Å². The van der Waals surface area contributed by atoms with Crippen LogP contribution in [0.1, 0.15) is 35.8 Å². The third kappa shape index (κ3) is 2.58. The standard InChI is InChI=1S/C18H22N4O2/c1-5-6-9-20(3)18(24)14-10-13-16(21(14)4)19-15-8-7-12(2)11-22(15)17(13)23/h7-8,10-11H,5-6,9H2,1-4H3. The Morgan fingerprint density at radius 3 is 2.79 bits per heavy atom. The van der Waals surface area contributed by atoms with Crippen LogP contribution >= 0.6 is 0 Å². The van der Waals surface area contributed by atoms with E-state index in [0.717, 1.165) is 18.4 Å². The molecule has 0 saturated carbocycles. The second kappa shape index (κ2) is 6.11. The molecule has 0 unspecified atom stereocenters. The van der Waals surface area contributed by atoms with Gasteiger partial charge in [0, 0.05) is 26.8 Å². The lowest BCUT2D eigenvalue weighted by atomic mass is 10.3. The van der Waals surface area contributed by atoms with Crippen molar-refractivity contribution in [3.8, 4) is 0 Å². The Labute approximate surface area is 140 Å². The average Bonchev–Trinajstić information content (AvgIpc) is 2.90. The smallest absolute Gasteiger partial charge is 0.270 e. The molecule has 6 heteroatoms. The lowest BCUT2D eigenvalue weighted by Gasteiger charge is -2.16. The van der Waals surface area contributed by atoms with Crippen molar-refractivity contribution in [2.75, 3.05) is 13.6 Å². The monoisotopic (exact) mass is 326 g/mol. The van der Waals surface area contributed by atoms with Crippen molar-refractivity contribution < 1.29 is 4.79 Å². The minimum absolute atomic E-state index is 0.0893. The SMILES string of the molecule is CCCCN(C)C(=O)c1cc2c(=O)n3cc(C)ccc3nc2n1C. The number of amides is 1. The molecule has 0 spiro atoms. The molecule has 0 aliphatic rings. The van der Waals surface area contributed by atoms with Crippen molar-refractivity contribution in [1.29, 1.82) is 0 Å². The van der Waals surface area contributed by atoms with Crippen LogP contribution in [0.2, 0.25) is 0 Å². The van der Waals surface area contributed by atoms with Gasteiger partial charge in [-0.15, -0.1) is 0 Å². The number of aryl methyl sites for hydroxylation is 2. The summed E-state index contributed by atoms with van der Waals surface area (Å²) < 4.78 is 3.24. The minimum atomic E-state index is -0.149. The van der Waals surface area contributed by atoms with Crippen LogP contribution in [-0.4, -0.2) is 38.4 Å². The van der Waals surface area contributed by atoms with Crippen molar-refractivity contribution in [2.45, 2.75) is 26.7 Å². The number of carbonyl (C=O) groups is 1. The molecule has 0 saturated heterocycles. The van der Waals surface area contributed by atoms with Gasteiger partial charge in [0.05, 0.1) is 5.39 Å². The Morgan fingerprint density at radius 2 is 2.08 bits per heavy atom. The number of rotatable bonds is 4. The summed E-state index contributed by atoms with van der Waals surface area (Å²) in [6.45, 7) is 4.72. The van der Waals surface area contributed by atoms with E-state index < -0.39 is 0 Å². The first-order valence-corrected chi connectivity index (χ1v) is 8.18. The van der Waals surface area contributed by atoms with Gasteiger partial charge in [-0.3, -0.25) is 14.0 Å². The van der Waals surface area contributed by atoms with Gasteiger partial charge in [-0.25, -0.2) is 4.98 Å². The van der Waals surface area contributed by atoms with E-state index >= 15 is 0 Å². The van der Waals surface area contributed by atoms with Gasteiger partial charge in [-0.1, -0.05) is 19.4 Å². The lowest BCUT2D eigenvalue weighted by Crippen LogP contribution is -2.29. The largest absolute Gasteiger partial charge is 0.340 e. The maximum absolute atomic E-state index is 12.8. The van der Waals surface area contributed by atoms with Crippen LogP contribution in [0.3, 0.4) is 0 Å². The molecule has 3 heterocycles. The Kier molecular flexibility index (Phi) is 4.13. The molecule has 24 heavy (non-hydrogen) atoms. The van der Waals surface area contributed by atoms with Gasteiger partial charge in [-0.2, -0.15) is 0 Å². The molecule has 0 aromatic carbocycles. The zero-order valence-corrected chi connectivity index (χ0v) is 14.5. The molecule has 0 aliphatic heterocycles. The summed E-state index contributed by atoms with van der Waals surface area (Å²) in [7, 11) is 3.57. The van der Waals surface area contributed by atoms with Crippen molar-refractivity contribution in [1.82, 2.24) is 18.9 Å². The van der Waals surface area contributed by atoms with E-state index in [1.807, 2.05) is 19.1 Å². The highest BCUT2D eigenvalue weighted by Gasteiger charge is 2.20. The summed E-state index contributed by atoms with van der Waals surface area (Å²) in [6.07, 6.45) is 3.75. The predicted molar refractivity (Wildman–Crippen MR) is 94.5 cm³/mol. The van der Waals surface area contributed by atoms with Crippen molar-refractivity contribution >= 4 is 22.6 Å². The number of carbonyl (C=O) groups excluding carboxylic acids is 1. The van der Waals surface area contributed by atoms with E-state index in [1.54, 1.807) is 35.8 Å². The van der Waals surface area contributed by atoms with Crippen LogP contribution in [-0.2, 0) is 7.05 Å². The summed E-state index contributed by atoms with van der Waals surface area (Å²) in [4.78, 5) is 31.7. The maximum atomic E-state index is 12.8. The van der Waals surface area contributed by atoms with Gasteiger partial charge in [-0.05, 0) is 31.0 Å². The predicted octanol–water partition coefficient (Wildman–Crippen LogP) is 2.37. The first-order chi connectivity index (χ1) is 11.4. The van der Waals surface area contributed by atoms with Crippen LogP contribution in [0.5, 0.6) is 0 Å². The third-order valence-electron chi connectivity index (χ3n) is 4.36. The van der Waals surface area contributed by atoms with Crippen LogP contribution in [0.15, 0.2) is 29.2 Å². The van der Waals surface area contributed by atoms with E-state index in [9.17, 15) is 9.59 Å². The van der Waals surface area contributed by atoms with Crippen molar-refractivity contribution in [2.24, 2.45) is 7.05 Å². The topological polar surface area (TPSA) is 59.6 Å². The molecule has 3 aromatic heterocycles. The molecule has 3 aromatic rings. The summed E-state index contributed by atoms with van der Waals surface area (Å²) in [6, 6.07) is 5.39. The molecule has 0 atom stereocenters. The number of fused-ring (bicyclic) bond motifs is 2. The summed E-state index contributed by atoms with van der Waals surface area (Å²) in [5, 5.41) is 0.466. The Hall–Kier alpha value is -2.63. The minimum Gasteiger partial charge on any atom is -0.340 e. The van der Waals surface area contributed by atoms with Crippen molar-refractivity contribution in [3.05, 3.63) is 46.0 Å². The molecule has 3 rings (SSSR count). The second-order valence-corrected chi connectivity index (χ2v) is 6.26. The van der Waals surface area contributed by atoms with Crippen LogP contribution in [0.25, 0.3) is 16.7 Å². The molecule has 126 valence electrons. The number of hydrogen-bond donors (Lipinski definition) is 0. The molecular formula is C18H22N4O2. The molecule has 0 bridgehead atoms. The first-order valence-electron chi connectivity index (χ1n) is 8.18. The fraction of sp³-hybridized carbons (Fsp3) is 0.389. The summed E-state index contributed by atoms with van der Waals surface area (Å²) >= 11 is 0. The van der Waals surface area contributed by atoms with E-state index in [1.165, 1.54) is 4.40 Å². The summed E-state index contributed by atoms with van der Waals surface area (Å²) in [5.41, 5.74) is 2.44. The Morgan fingerprint density at radius 1 is 1.33 bits per heavy atom. The quantitative estimate of drug-likeness (QED) is 0.739.